The van der Waals surface area contributed by atoms with Crippen molar-refractivity contribution in [3.63, 3.8) is 0 Å². The first kappa shape index (κ1) is 28.9. The number of hydrogen-bond donors (Lipinski definition) is 0. The molecule has 0 bridgehead atoms. The monoisotopic (exact) mass is 557 g/mol. The fourth-order valence-electron chi connectivity index (χ4n) is 4.64. The van der Waals surface area contributed by atoms with Gasteiger partial charge in [0.2, 0.25) is 7.05 Å². The third-order valence-electron chi connectivity index (χ3n) is 6.50. The minimum absolute atomic E-state index is 0. The van der Waals surface area contributed by atoms with Gasteiger partial charge in [-0.05, 0) is 55.7 Å². The molecule has 0 aliphatic carbocycles. The topological polar surface area (TPSA) is 14.1 Å². The lowest BCUT2D eigenvalue weighted by Crippen LogP contribution is -3.00. The van der Waals surface area contributed by atoms with Gasteiger partial charge in [-0.3, -0.25) is 0 Å². The van der Waals surface area contributed by atoms with Crippen LogP contribution in [0.2, 0.25) is 0 Å². The maximum absolute atomic E-state index is 6.28. The van der Waals surface area contributed by atoms with E-state index in [1.165, 1.54) is 72.9 Å². The van der Waals surface area contributed by atoms with E-state index in [9.17, 15) is 0 Å². The molecule has 34 heavy (non-hydrogen) atoms. The van der Waals surface area contributed by atoms with Crippen molar-refractivity contribution in [2.75, 3.05) is 18.5 Å². The molecule has 0 radical (unpaired) electrons. The Kier molecular flexibility index (Phi) is 12.7. The molecule has 3 rings (SSSR count). The second kappa shape index (κ2) is 15.0. The molecule has 3 aromatic carbocycles. The molecule has 0 heterocycles. The predicted molar refractivity (Wildman–Crippen MR) is 154 cm³/mol. The van der Waals surface area contributed by atoms with E-state index >= 15 is 0 Å². The van der Waals surface area contributed by atoms with Crippen molar-refractivity contribution in [3.8, 4) is 0 Å². The first-order valence-electron chi connectivity index (χ1n) is 12.9. The minimum Gasteiger partial charge on any atom is -1.00 e. The van der Waals surface area contributed by atoms with Crippen LogP contribution in [0.15, 0.2) is 91.0 Å². The van der Waals surface area contributed by atoms with Gasteiger partial charge in [0.15, 0.2) is 0 Å². The normalized spacial score (nSPS) is 11.5. The van der Waals surface area contributed by atoms with Crippen molar-refractivity contribution in [3.05, 3.63) is 91.0 Å². The first-order valence-corrected chi connectivity index (χ1v) is 16.9. The molecule has 0 saturated heterocycles. The fraction of sp³-hybridized carbons (Fsp3) is 0.400. The zero-order chi connectivity index (χ0) is 23.4. The van der Waals surface area contributed by atoms with Gasteiger partial charge < -0.3 is 17.0 Å². The lowest BCUT2D eigenvalue weighted by Gasteiger charge is -2.20. The van der Waals surface area contributed by atoms with Crippen LogP contribution < -0.4 is 37.1 Å². The zero-order valence-electron chi connectivity index (χ0n) is 21.2. The Bertz CT molecular complexity index is 943. The summed E-state index contributed by atoms with van der Waals surface area (Å²) in [5, 5.41) is 4.20. The summed E-state index contributed by atoms with van der Waals surface area (Å²) in [6, 6.07) is 33.7. The summed E-state index contributed by atoms with van der Waals surface area (Å²) in [4.78, 5) is 0. The van der Waals surface area contributed by atoms with Crippen molar-refractivity contribution in [1.82, 2.24) is 4.17 Å². The number of halogens is 1. The SMILES string of the molecule is CCCCP(CCCC)(CCCC)=[N+]=P(c1ccccc1)(c1ccccc1)c1ccccc1.[Br-]. The predicted octanol–water partition coefficient (Wildman–Crippen LogP) is 4.84. The van der Waals surface area contributed by atoms with Gasteiger partial charge in [0.05, 0.1) is 15.9 Å². The van der Waals surface area contributed by atoms with E-state index in [2.05, 4.69) is 112 Å². The van der Waals surface area contributed by atoms with Crippen molar-refractivity contribution in [2.24, 2.45) is 0 Å². The summed E-state index contributed by atoms with van der Waals surface area (Å²) in [6.45, 7) is 7.01. The maximum Gasteiger partial charge on any atom is 0.300 e. The number of rotatable bonds is 12. The van der Waals surface area contributed by atoms with Crippen molar-refractivity contribution in [1.29, 1.82) is 0 Å². The highest BCUT2D eigenvalue weighted by atomic mass is 79.9. The third-order valence-corrected chi connectivity index (χ3v) is 15.7. The summed E-state index contributed by atoms with van der Waals surface area (Å²) < 4.78 is 6.28. The van der Waals surface area contributed by atoms with Crippen molar-refractivity contribution in [2.45, 2.75) is 59.3 Å². The lowest BCUT2D eigenvalue weighted by molar-refractivity contribution is -0.00000700. The molecule has 4 heteroatoms. The molecule has 0 atom stereocenters. The highest BCUT2D eigenvalue weighted by Gasteiger charge is 2.40. The first-order chi connectivity index (χ1) is 16.2. The molecule has 0 aromatic heterocycles. The van der Waals surface area contributed by atoms with Crippen LogP contribution in [0.1, 0.15) is 59.3 Å². The third kappa shape index (κ3) is 7.12. The van der Waals surface area contributed by atoms with Crippen LogP contribution in [0.25, 0.3) is 0 Å². The van der Waals surface area contributed by atoms with E-state index in [0.29, 0.717) is 0 Å². The van der Waals surface area contributed by atoms with Crippen LogP contribution in [-0.4, -0.2) is 18.5 Å². The summed E-state index contributed by atoms with van der Waals surface area (Å²) >= 11 is 0. The Morgan fingerprint density at radius 2 is 0.794 bits per heavy atom. The van der Waals surface area contributed by atoms with Crippen LogP contribution >= 0.6 is 14.1 Å². The Balaban J connectivity index is 0.00000408. The Hall–Kier alpha value is -1.29. The minimum atomic E-state index is -2.12. The van der Waals surface area contributed by atoms with Crippen LogP contribution in [0.3, 0.4) is 0 Å². The zero-order valence-corrected chi connectivity index (χ0v) is 24.6. The molecule has 184 valence electrons. The molecular formula is C30H42BrNP2. The molecular weight excluding hydrogens is 516 g/mol. The van der Waals surface area contributed by atoms with E-state index in [4.69, 9.17) is 4.17 Å². The molecule has 0 amide bonds. The average Bonchev–Trinajstić information content (AvgIpc) is 2.89. The smallest absolute Gasteiger partial charge is 0.300 e. The molecule has 0 fully saturated rings. The molecule has 0 unspecified atom stereocenters. The van der Waals surface area contributed by atoms with Crippen molar-refractivity contribution >= 4 is 30.0 Å². The lowest BCUT2D eigenvalue weighted by atomic mass is 10.4. The van der Waals surface area contributed by atoms with Gasteiger partial charge in [0, 0.05) is 18.5 Å². The average molecular weight is 559 g/mol. The molecule has 0 N–H and O–H groups in total. The van der Waals surface area contributed by atoms with Crippen LogP contribution in [-0.2, 0) is 0 Å². The number of nitrogens with zero attached hydrogens (tertiary/aromatic N) is 1. The number of unbranched alkanes of at least 4 members (excludes halogenated alkanes) is 3. The second-order valence-corrected chi connectivity index (χ2v) is 16.1. The second-order valence-electron chi connectivity index (χ2n) is 9.06. The molecule has 0 saturated carbocycles. The van der Waals surface area contributed by atoms with Gasteiger partial charge >= 0.3 is 0 Å². The van der Waals surface area contributed by atoms with E-state index in [-0.39, 0.29) is 17.0 Å². The van der Waals surface area contributed by atoms with E-state index in [0.717, 1.165) is 0 Å². The highest BCUT2D eigenvalue weighted by Crippen LogP contribution is 2.53. The van der Waals surface area contributed by atoms with Gasteiger partial charge in [0.25, 0.3) is 7.05 Å². The molecule has 3 aromatic rings. The van der Waals surface area contributed by atoms with Gasteiger partial charge in [-0.2, -0.15) is 4.17 Å². The Morgan fingerprint density at radius 3 is 1.06 bits per heavy atom. The molecule has 0 aliphatic rings. The molecule has 0 aliphatic heterocycles. The number of hydrogen-bond acceptors (Lipinski definition) is 0. The van der Waals surface area contributed by atoms with Gasteiger partial charge in [-0.25, -0.2) is 0 Å². The quantitative estimate of drug-likeness (QED) is 0.223. The van der Waals surface area contributed by atoms with Crippen molar-refractivity contribution < 1.29 is 17.0 Å². The highest BCUT2D eigenvalue weighted by molar-refractivity contribution is 7.89. The van der Waals surface area contributed by atoms with E-state index in [1.807, 2.05) is 0 Å². The van der Waals surface area contributed by atoms with Gasteiger partial charge in [-0.1, -0.05) is 94.6 Å². The fourth-order valence-corrected chi connectivity index (χ4v) is 15.3. The summed E-state index contributed by atoms with van der Waals surface area (Å²) in [7, 11) is -3.61. The Morgan fingerprint density at radius 1 is 0.500 bits per heavy atom. The number of benzene rings is 3. The van der Waals surface area contributed by atoms with Crippen LogP contribution in [0.5, 0.6) is 0 Å². The summed E-state index contributed by atoms with van der Waals surface area (Å²) in [5.41, 5.74) is 0. The van der Waals surface area contributed by atoms with Crippen LogP contribution in [0, 0.1) is 0 Å². The van der Waals surface area contributed by atoms with Gasteiger partial charge in [-0.15, -0.1) is 0 Å². The maximum atomic E-state index is 6.28. The summed E-state index contributed by atoms with van der Waals surface area (Å²) in [5.74, 6) is 0. The largest absolute Gasteiger partial charge is 1.00 e. The molecule has 1 nitrogen and oxygen atoms in total. The Labute approximate surface area is 219 Å². The van der Waals surface area contributed by atoms with Gasteiger partial charge in [0.1, 0.15) is 0 Å². The van der Waals surface area contributed by atoms with E-state index in [1.54, 1.807) is 0 Å². The standard InChI is InChI=1S/C30H42NP2.BrH/c1-4-7-25-32(26-8-5-2,27-9-6-3)31-33(28-19-13-10-14-20-28,29-21-15-11-16-22-29)30-23-17-12-18-24-30;/h10-24H,4-9,25-27H2,1-3H3;1H/q+1;/p-1. The summed E-state index contributed by atoms with van der Waals surface area (Å²) in [6.07, 6.45) is 11.6. The van der Waals surface area contributed by atoms with Crippen LogP contribution in [0.4, 0.5) is 0 Å². The van der Waals surface area contributed by atoms with E-state index < -0.39 is 14.1 Å². The molecule has 0 spiro atoms.